The normalized spacial score (nSPS) is 22.3. The van der Waals surface area contributed by atoms with Crippen molar-refractivity contribution in [3.05, 3.63) is 12.2 Å². The molecule has 3 unspecified atom stereocenters. The summed E-state index contributed by atoms with van der Waals surface area (Å²) in [6.07, 6.45) is 29.9. The van der Waals surface area contributed by atoms with Crippen molar-refractivity contribution in [1.29, 1.82) is 0 Å². The molecular formula is C27H53N2O+. The molecule has 0 saturated carbocycles. The Hall–Kier alpha value is -0.670. The maximum atomic E-state index is 10.2. The van der Waals surface area contributed by atoms with Crippen molar-refractivity contribution in [3.8, 4) is 0 Å². The van der Waals surface area contributed by atoms with Crippen LogP contribution in [0.1, 0.15) is 130 Å². The standard InChI is InChI=1S/C27H53N2O/c1-4-6-7-8-9-10-11-12-13-14-15-16-17-18-19-20-21-22-23-27-28-24-25-29(27,5-2)26(3)30/h4,6,24,26-27,30H,5,7-23,25H2,1-3H3/q+1/b6-4+. The zero-order valence-corrected chi connectivity index (χ0v) is 20.7. The van der Waals surface area contributed by atoms with Gasteiger partial charge < -0.3 is 5.11 Å². The Balaban J connectivity index is 1.83. The third kappa shape index (κ3) is 11.1. The van der Waals surface area contributed by atoms with Crippen LogP contribution in [0, 0.1) is 0 Å². The summed E-state index contributed by atoms with van der Waals surface area (Å²) in [4.78, 5) is 4.68. The first-order valence-corrected chi connectivity index (χ1v) is 13.3. The predicted octanol–water partition coefficient (Wildman–Crippen LogP) is 7.78. The van der Waals surface area contributed by atoms with E-state index in [2.05, 4.69) is 31.0 Å². The van der Waals surface area contributed by atoms with Crippen molar-refractivity contribution < 1.29 is 9.59 Å². The van der Waals surface area contributed by atoms with E-state index in [-0.39, 0.29) is 12.4 Å². The van der Waals surface area contributed by atoms with Gasteiger partial charge in [-0.3, -0.25) is 4.48 Å². The Morgan fingerprint density at radius 1 is 0.867 bits per heavy atom. The molecule has 0 saturated heterocycles. The minimum absolute atomic E-state index is 0.285. The van der Waals surface area contributed by atoms with Crippen molar-refractivity contribution in [2.24, 2.45) is 4.99 Å². The number of aliphatic imine (C=N–C) groups is 1. The second-order valence-electron chi connectivity index (χ2n) is 9.50. The molecule has 0 aliphatic carbocycles. The maximum absolute atomic E-state index is 10.2. The summed E-state index contributed by atoms with van der Waals surface area (Å²) in [5, 5.41) is 10.2. The lowest BCUT2D eigenvalue weighted by atomic mass is 10.0. The highest BCUT2D eigenvalue weighted by atomic mass is 16.3. The van der Waals surface area contributed by atoms with Gasteiger partial charge in [-0.2, -0.15) is 0 Å². The Morgan fingerprint density at radius 2 is 1.33 bits per heavy atom. The molecule has 1 aliphatic heterocycles. The van der Waals surface area contributed by atoms with Gasteiger partial charge >= 0.3 is 0 Å². The van der Waals surface area contributed by atoms with Crippen molar-refractivity contribution >= 4 is 6.21 Å². The number of rotatable bonds is 20. The maximum Gasteiger partial charge on any atom is 0.189 e. The van der Waals surface area contributed by atoms with Gasteiger partial charge in [0.2, 0.25) is 0 Å². The van der Waals surface area contributed by atoms with Crippen molar-refractivity contribution in [2.45, 2.75) is 142 Å². The van der Waals surface area contributed by atoms with E-state index in [4.69, 9.17) is 0 Å². The summed E-state index contributed by atoms with van der Waals surface area (Å²) < 4.78 is 0.747. The molecule has 0 aromatic heterocycles. The lowest BCUT2D eigenvalue weighted by Gasteiger charge is -2.40. The summed E-state index contributed by atoms with van der Waals surface area (Å²) in [6.45, 7) is 8.10. The molecule has 0 spiro atoms. The van der Waals surface area contributed by atoms with Crippen molar-refractivity contribution in [1.82, 2.24) is 0 Å². The van der Waals surface area contributed by atoms with Crippen LogP contribution in [0.5, 0.6) is 0 Å². The zero-order chi connectivity index (χ0) is 21.9. The van der Waals surface area contributed by atoms with Gasteiger partial charge in [0.25, 0.3) is 0 Å². The molecule has 1 rings (SSSR count). The van der Waals surface area contributed by atoms with Crippen LogP contribution in [-0.2, 0) is 0 Å². The minimum Gasteiger partial charge on any atom is -0.345 e. The predicted molar refractivity (Wildman–Crippen MR) is 133 cm³/mol. The molecule has 3 nitrogen and oxygen atoms in total. The molecule has 30 heavy (non-hydrogen) atoms. The van der Waals surface area contributed by atoms with Gasteiger partial charge in [-0.1, -0.05) is 95.6 Å². The molecule has 0 amide bonds. The zero-order valence-electron chi connectivity index (χ0n) is 20.7. The van der Waals surface area contributed by atoms with Gasteiger partial charge in [0.1, 0.15) is 6.54 Å². The molecule has 0 radical (unpaired) electrons. The van der Waals surface area contributed by atoms with Gasteiger partial charge in [-0.15, -0.1) is 0 Å². The van der Waals surface area contributed by atoms with Gasteiger partial charge in [0.05, 0.1) is 12.8 Å². The SMILES string of the molecule is C/C=C/CCCCCCCCCCCCCCCCCC1N=CC[N+]1(CC)C(C)O. The molecule has 176 valence electrons. The third-order valence-corrected chi connectivity index (χ3v) is 7.19. The van der Waals surface area contributed by atoms with E-state index in [1.54, 1.807) is 0 Å². The molecule has 0 fully saturated rings. The van der Waals surface area contributed by atoms with Crippen molar-refractivity contribution in [2.75, 3.05) is 13.1 Å². The smallest absolute Gasteiger partial charge is 0.189 e. The van der Waals surface area contributed by atoms with Crippen LogP contribution in [0.4, 0.5) is 0 Å². The highest BCUT2D eigenvalue weighted by molar-refractivity contribution is 5.60. The Bertz CT molecular complexity index is 446. The lowest BCUT2D eigenvalue weighted by Crippen LogP contribution is -2.57. The van der Waals surface area contributed by atoms with Crippen LogP contribution >= 0.6 is 0 Å². The molecule has 1 heterocycles. The number of unbranched alkanes of at least 4 members (excludes halogenated alkanes) is 15. The summed E-state index contributed by atoms with van der Waals surface area (Å²) in [7, 11) is 0. The molecule has 0 bridgehead atoms. The summed E-state index contributed by atoms with van der Waals surface area (Å²) in [5.41, 5.74) is 0. The van der Waals surface area contributed by atoms with Gasteiger partial charge in [-0.25, -0.2) is 4.99 Å². The Morgan fingerprint density at radius 3 is 1.77 bits per heavy atom. The molecular weight excluding hydrogens is 368 g/mol. The van der Waals surface area contributed by atoms with E-state index in [0.29, 0.717) is 0 Å². The first kappa shape index (κ1) is 27.4. The average Bonchev–Trinajstić information content (AvgIpc) is 3.17. The van der Waals surface area contributed by atoms with Crippen LogP contribution < -0.4 is 0 Å². The molecule has 1 aliphatic rings. The average molecular weight is 422 g/mol. The van der Waals surface area contributed by atoms with E-state index in [9.17, 15) is 5.11 Å². The fraction of sp³-hybridized carbons (Fsp3) is 0.889. The van der Waals surface area contributed by atoms with Crippen molar-refractivity contribution in [3.63, 3.8) is 0 Å². The summed E-state index contributed by atoms with van der Waals surface area (Å²) in [6, 6.07) is 0. The fourth-order valence-electron chi connectivity index (χ4n) is 4.97. The first-order chi connectivity index (χ1) is 14.7. The van der Waals surface area contributed by atoms with Crippen LogP contribution in [0.3, 0.4) is 0 Å². The number of aliphatic hydroxyl groups is 1. The number of nitrogens with zero attached hydrogens (tertiary/aromatic N) is 2. The van der Waals surface area contributed by atoms with Crippen LogP contribution in [-0.4, -0.2) is 41.3 Å². The number of quaternary nitrogens is 1. The van der Waals surface area contributed by atoms with Crippen LogP contribution in [0.25, 0.3) is 0 Å². The van der Waals surface area contributed by atoms with Crippen LogP contribution in [0.15, 0.2) is 17.1 Å². The summed E-state index contributed by atoms with van der Waals surface area (Å²) in [5.74, 6) is 0. The molecule has 3 atom stereocenters. The number of allylic oxidation sites excluding steroid dienone is 2. The van der Waals surface area contributed by atoms with Gasteiger partial charge in [0.15, 0.2) is 12.4 Å². The number of hydrogen-bond donors (Lipinski definition) is 1. The van der Waals surface area contributed by atoms with Gasteiger partial charge in [0, 0.05) is 13.3 Å². The number of aliphatic hydroxyl groups excluding tert-OH is 1. The Kier molecular flexibility index (Phi) is 16.4. The molecule has 3 heteroatoms. The topological polar surface area (TPSA) is 32.6 Å². The lowest BCUT2D eigenvalue weighted by molar-refractivity contribution is -0.976. The third-order valence-electron chi connectivity index (χ3n) is 7.19. The second-order valence-corrected chi connectivity index (χ2v) is 9.50. The van der Waals surface area contributed by atoms with E-state index >= 15 is 0 Å². The quantitative estimate of drug-likeness (QED) is 0.121. The number of hydrogen-bond acceptors (Lipinski definition) is 2. The minimum atomic E-state index is -0.310. The first-order valence-electron chi connectivity index (χ1n) is 13.3. The molecule has 0 aromatic carbocycles. The fourth-order valence-corrected chi connectivity index (χ4v) is 4.97. The van der Waals surface area contributed by atoms with E-state index in [1.165, 1.54) is 103 Å². The molecule has 1 N–H and O–H groups in total. The molecule has 0 aromatic rings. The van der Waals surface area contributed by atoms with E-state index in [1.807, 2.05) is 13.1 Å². The highest BCUT2D eigenvalue weighted by Gasteiger charge is 2.41. The summed E-state index contributed by atoms with van der Waals surface area (Å²) >= 11 is 0. The largest absolute Gasteiger partial charge is 0.345 e. The van der Waals surface area contributed by atoms with Gasteiger partial charge in [-0.05, 0) is 33.1 Å². The highest BCUT2D eigenvalue weighted by Crippen LogP contribution is 2.26. The second kappa shape index (κ2) is 18.0. The van der Waals surface area contributed by atoms with Crippen LogP contribution in [0.2, 0.25) is 0 Å². The van der Waals surface area contributed by atoms with E-state index < -0.39 is 0 Å². The van der Waals surface area contributed by atoms with E-state index in [0.717, 1.165) is 24.0 Å². The monoisotopic (exact) mass is 421 g/mol. The Labute approximate surface area is 188 Å².